The number of para-hydroxylation sites is 1. The van der Waals surface area contributed by atoms with E-state index in [4.69, 9.17) is 9.47 Å². The lowest BCUT2D eigenvalue weighted by Gasteiger charge is -2.06. The fourth-order valence-electron chi connectivity index (χ4n) is 1.87. The van der Waals surface area contributed by atoms with Gasteiger partial charge in [0.25, 0.3) is 0 Å². The van der Waals surface area contributed by atoms with Gasteiger partial charge in [-0.2, -0.15) is 5.10 Å². The van der Waals surface area contributed by atoms with Crippen LogP contribution in [-0.4, -0.2) is 32.2 Å². The average molecular weight is 327 g/mol. The Hall–Kier alpha value is -3.35. The Morgan fingerprint density at radius 2 is 1.79 bits per heavy atom. The molecule has 24 heavy (non-hydrogen) atoms. The maximum absolute atomic E-state index is 11.8. The summed E-state index contributed by atoms with van der Waals surface area (Å²) in [7, 11) is 3.05. The van der Waals surface area contributed by atoms with Gasteiger partial charge in [-0.25, -0.2) is 5.43 Å². The Kier molecular flexibility index (Phi) is 5.90. The molecule has 0 spiro atoms. The molecule has 2 amide bonds. The molecule has 2 rings (SSSR count). The first kappa shape index (κ1) is 17.0. The highest BCUT2D eigenvalue weighted by atomic mass is 16.5. The van der Waals surface area contributed by atoms with Crippen molar-refractivity contribution in [3.8, 4) is 11.5 Å². The van der Waals surface area contributed by atoms with Gasteiger partial charge in [0.05, 0.1) is 20.4 Å². The van der Waals surface area contributed by atoms with Crippen molar-refractivity contribution in [3.05, 3.63) is 54.1 Å². The summed E-state index contributed by atoms with van der Waals surface area (Å²) in [5.74, 6) is -0.539. The summed E-state index contributed by atoms with van der Waals surface area (Å²) in [6.07, 6.45) is 1.40. The van der Waals surface area contributed by atoms with E-state index in [1.54, 1.807) is 42.5 Å². The van der Waals surface area contributed by atoms with E-state index >= 15 is 0 Å². The summed E-state index contributed by atoms with van der Waals surface area (Å²) >= 11 is 0. The number of hydrogen-bond acceptors (Lipinski definition) is 5. The zero-order chi connectivity index (χ0) is 17.4. The molecule has 0 bridgehead atoms. The van der Waals surface area contributed by atoms with Crippen LogP contribution in [0.15, 0.2) is 53.6 Å². The van der Waals surface area contributed by atoms with E-state index in [9.17, 15) is 9.59 Å². The summed E-state index contributed by atoms with van der Waals surface area (Å²) in [5.41, 5.74) is 3.28. The van der Waals surface area contributed by atoms with Gasteiger partial charge in [-0.1, -0.05) is 18.2 Å². The zero-order valence-corrected chi connectivity index (χ0v) is 13.3. The second-order valence-electron chi connectivity index (χ2n) is 4.63. The fourth-order valence-corrected chi connectivity index (χ4v) is 1.87. The van der Waals surface area contributed by atoms with E-state index in [2.05, 4.69) is 15.8 Å². The molecule has 0 aliphatic rings. The third kappa shape index (κ3) is 4.57. The predicted octanol–water partition coefficient (Wildman–Crippen LogP) is 1.79. The summed E-state index contributed by atoms with van der Waals surface area (Å²) in [6.45, 7) is 0. The number of amides is 2. The van der Waals surface area contributed by atoms with Crippen LogP contribution in [0.4, 0.5) is 5.69 Å². The van der Waals surface area contributed by atoms with Crippen LogP contribution in [0.5, 0.6) is 11.5 Å². The van der Waals surface area contributed by atoms with E-state index in [1.165, 1.54) is 20.4 Å². The highest BCUT2D eigenvalue weighted by Crippen LogP contribution is 2.16. The molecule has 0 aromatic heterocycles. The van der Waals surface area contributed by atoms with Crippen LogP contribution in [0.2, 0.25) is 0 Å². The van der Waals surface area contributed by atoms with Crippen molar-refractivity contribution >= 4 is 23.7 Å². The first-order valence-corrected chi connectivity index (χ1v) is 7.05. The number of methoxy groups -OCH3 is 2. The number of nitrogens with one attached hydrogen (secondary N) is 2. The first-order chi connectivity index (χ1) is 11.6. The third-order valence-electron chi connectivity index (χ3n) is 3.04. The summed E-state index contributed by atoms with van der Waals surface area (Å²) in [5, 5.41) is 6.21. The molecule has 0 aliphatic carbocycles. The Morgan fingerprint density at radius 1 is 1.00 bits per heavy atom. The van der Waals surface area contributed by atoms with Gasteiger partial charge in [-0.05, 0) is 24.3 Å². The molecule has 7 heteroatoms. The number of hydrazone groups is 1. The van der Waals surface area contributed by atoms with Gasteiger partial charge in [0, 0.05) is 17.3 Å². The van der Waals surface area contributed by atoms with Crippen molar-refractivity contribution in [1.82, 2.24) is 5.43 Å². The number of carbonyl (C=O) groups excluding carboxylic acids is 2. The monoisotopic (exact) mass is 327 g/mol. The molecular formula is C17H17N3O4. The molecule has 0 atom stereocenters. The van der Waals surface area contributed by atoms with E-state index in [1.807, 2.05) is 6.07 Å². The van der Waals surface area contributed by atoms with Gasteiger partial charge in [0.2, 0.25) is 0 Å². The minimum Gasteiger partial charge on any atom is -0.497 e. The molecule has 0 saturated carbocycles. The average Bonchev–Trinajstić information content (AvgIpc) is 2.62. The Morgan fingerprint density at radius 3 is 2.54 bits per heavy atom. The number of ether oxygens (including phenoxy) is 2. The van der Waals surface area contributed by atoms with Crippen LogP contribution in [-0.2, 0) is 9.59 Å². The highest BCUT2D eigenvalue weighted by Gasteiger charge is 2.13. The fraction of sp³-hybridized carbons (Fsp3) is 0.118. The van der Waals surface area contributed by atoms with Crippen LogP contribution < -0.4 is 20.2 Å². The van der Waals surface area contributed by atoms with Crippen molar-refractivity contribution in [2.75, 3.05) is 19.5 Å². The topological polar surface area (TPSA) is 89.0 Å². The largest absolute Gasteiger partial charge is 0.497 e. The lowest BCUT2D eigenvalue weighted by atomic mass is 10.2. The van der Waals surface area contributed by atoms with Gasteiger partial charge in [-0.15, -0.1) is 0 Å². The number of benzene rings is 2. The molecule has 0 radical (unpaired) electrons. The van der Waals surface area contributed by atoms with E-state index in [0.717, 1.165) is 0 Å². The second-order valence-corrected chi connectivity index (χ2v) is 4.63. The number of anilines is 1. The molecule has 7 nitrogen and oxygen atoms in total. The van der Waals surface area contributed by atoms with Gasteiger partial charge >= 0.3 is 11.8 Å². The van der Waals surface area contributed by atoms with Crippen LogP contribution in [0.1, 0.15) is 5.56 Å². The normalized spacial score (nSPS) is 10.2. The lowest BCUT2D eigenvalue weighted by Crippen LogP contribution is -2.32. The van der Waals surface area contributed by atoms with Crippen molar-refractivity contribution in [2.45, 2.75) is 0 Å². The number of nitrogens with zero attached hydrogens (tertiary/aromatic N) is 1. The van der Waals surface area contributed by atoms with Gasteiger partial charge < -0.3 is 14.8 Å². The van der Waals surface area contributed by atoms with Crippen molar-refractivity contribution < 1.29 is 19.1 Å². The quantitative estimate of drug-likeness (QED) is 0.498. The van der Waals surface area contributed by atoms with Crippen molar-refractivity contribution in [2.24, 2.45) is 5.10 Å². The number of carbonyl (C=O) groups is 2. The Bertz CT molecular complexity index is 759. The van der Waals surface area contributed by atoms with E-state index in [0.29, 0.717) is 22.7 Å². The van der Waals surface area contributed by atoms with Crippen LogP contribution >= 0.6 is 0 Å². The Labute approximate surface area is 139 Å². The SMILES string of the molecule is COc1cccc(NC(=O)C(=O)NN=Cc2ccccc2OC)c1. The molecule has 2 N–H and O–H groups in total. The second kappa shape index (κ2) is 8.33. The van der Waals surface area contributed by atoms with Crippen LogP contribution in [0.3, 0.4) is 0 Å². The van der Waals surface area contributed by atoms with Crippen LogP contribution in [0.25, 0.3) is 0 Å². The van der Waals surface area contributed by atoms with Gasteiger partial charge in [0.15, 0.2) is 0 Å². The molecule has 0 aliphatic heterocycles. The van der Waals surface area contributed by atoms with Gasteiger partial charge in [0.1, 0.15) is 11.5 Å². The molecule has 2 aromatic carbocycles. The molecule has 2 aromatic rings. The predicted molar refractivity (Wildman–Crippen MR) is 90.4 cm³/mol. The molecule has 0 heterocycles. The maximum Gasteiger partial charge on any atom is 0.329 e. The maximum atomic E-state index is 11.8. The van der Waals surface area contributed by atoms with Gasteiger partial charge in [-0.3, -0.25) is 9.59 Å². The van der Waals surface area contributed by atoms with Crippen molar-refractivity contribution in [1.29, 1.82) is 0 Å². The van der Waals surface area contributed by atoms with Crippen LogP contribution in [0, 0.1) is 0 Å². The molecular weight excluding hydrogens is 310 g/mol. The molecule has 0 unspecified atom stereocenters. The smallest absolute Gasteiger partial charge is 0.329 e. The Balaban J connectivity index is 1.94. The molecule has 0 saturated heterocycles. The summed E-state index contributed by atoms with van der Waals surface area (Å²) < 4.78 is 10.2. The standard InChI is InChI=1S/C17H17N3O4/c1-23-14-8-5-7-13(10-14)19-16(21)17(22)20-18-11-12-6-3-4-9-15(12)24-2/h3-11H,1-2H3,(H,19,21)(H,20,22). The minimum absolute atomic E-state index is 0.447. The third-order valence-corrected chi connectivity index (χ3v) is 3.04. The van der Waals surface area contributed by atoms with E-state index < -0.39 is 11.8 Å². The lowest BCUT2D eigenvalue weighted by molar-refractivity contribution is -0.136. The zero-order valence-electron chi connectivity index (χ0n) is 13.3. The van der Waals surface area contributed by atoms with E-state index in [-0.39, 0.29) is 0 Å². The number of rotatable bonds is 5. The minimum atomic E-state index is -0.885. The van der Waals surface area contributed by atoms with Crippen molar-refractivity contribution in [3.63, 3.8) is 0 Å². The first-order valence-electron chi connectivity index (χ1n) is 7.05. The summed E-state index contributed by atoms with van der Waals surface area (Å²) in [4.78, 5) is 23.6. The molecule has 124 valence electrons. The highest BCUT2D eigenvalue weighted by molar-refractivity contribution is 6.39. The summed E-state index contributed by atoms with van der Waals surface area (Å²) in [6, 6.07) is 13.8. The molecule has 0 fully saturated rings. The number of hydrogen-bond donors (Lipinski definition) is 2.